The molecule has 1 aromatic carbocycles. The maximum atomic E-state index is 12.3. The van der Waals surface area contributed by atoms with E-state index in [0.29, 0.717) is 18.8 Å². The predicted molar refractivity (Wildman–Crippen MR) is 67.5 cm³/mol. The number of nitrogens with zero attached hydrogens (tertiary/aromatic N) is 1. The van der Waals surface area contributed by atoms with Gasteiger partial charge in [0.25, 0.3) is 0 Å². The number of methoxy groups -OCH3 is 1. The Balaban J connectivity index is 3.38. The Kier molecular flexibility index (Phi) is 4.36. The Morgan fingerprint density at radius 3 is 2.35 bits per heavy atom. The molecule has 0 spiro atoms. The van der Waals surface area contributed by atoms with Gasteiger partial charge in [0.15, 0.2) is 5.75 Å². The molecule has 1 rings (SSSR count). The number of hydrogen-bond acceptors (Lipinski definition) is 4. The molecule has 0 saturated heterocycles. The van der Waals surface area contributed by atoms with Crippen LogP contribution >= 0.6 is 0 Å². The van der Waals surface area contributed by atoms with Crippen molar-refractivity contribution >= 4 is 15.7 Å². The molecule has 0 amide bonds. The summed E-state index contributed by atoms with van der Waals surface area (Å²) in [5, 5.41) is 0. The second-order valence-electron chi connectivity index (χ2n) is 3.47. The molecule has 0 aromatic heterocycles. The Labute approximate surface area is 102 Å². The first kappa shape index (κ1) is 13.8. The molecule has 0 heterocycles. The fraction of sp³-hybridized carbons (Fsp3) is 0.455. The zero-order chi connectivity index (χ0) is 13.1. The number of nitrogen functional groups attached to an aromatic ring is 1. The van der Waals surface area contributed by atoms with Crippen molar-refractivity contribution in [2.24, 2.45) is 0 Å². The molecule has 0 aliphatic rings. The summed E-state index contributed by atoms with van der Waals surface area (Å²) in [6.07, 6.45) is 0. The minimum Gasteiger partial charge on any atom is -0.493 e. The number of anilines is 1. The molecule has 96 valence electrons. The number of para-hydroxylation sites is 1. The van der Waals surface area contributed by atoms with Gasteiger partial charge in [-0.2, -0.15) is 4.31 Å². The molecule has 0 unspecified atom stereocenters. The van der Waals surface area contributed by atoms with Crippen molar-refractivity contribution < 1.29 is 13.2 Å². The largest absolute Gasteiger partial charge is 0.493 e. The molecule has 1 aromatic rings. The van der Waals surface area contributed by atoms with Gasteiger partial charge in [-0.25, -0.2) is 8.42 Å². The van der Waals surface area contributed by atoms with Crippen molar-refractivity contribution in [3.8, 4) is 5.75 Å². The lowest BCUT2D eigenvalue weighted by Crippen LogP contribution is -2.31. The number of benzene rings is 1. The average molecular weight is 258 g/mol. The van der Waals surface area contributed by atoms with E-state index >= 15 is 0 Å². The second-order valence-corrected chi connectivity index (χ2v) is 5.37. The first-order valence-corrected chi connectivity index (χ1v) is 6.85. The summed E-state index contributed by atoms with van der Waals surface area (Å²) in [4.78, 5) is 0.115. The monoisotopic (exact) mass is 258 g/mol. The molecule has 2 N–H and O–H groups in total. The van der Waals surface area contributed by atoms with E-state index < -0.39 is 10.0 Å². The fourth-order valence-electron chi connectivity index (χ4n) is 1.66. The zero-order valence-corrected chi connectivity index (χ0v) is 11.1. The Bertz CT molecular complexity index is 481. The molecule has 0 aliphatic heterocycles. The highest BCUT2D eigenvalue weighted by Gasteiger charge is 2.26. The molecule has 5 nitrogen and oxygen atoms in total. The van der Waals surface area contributed by atoms with Crippen molar-refractivity contribution in [1.29, 1.82) is 0 Å². The van der Waals surface area contributed by atoms with Crippen molar-refractivity contribution in [1.82, 2.24) is 4.31 Å². The highest BCUT2D eigenvalue weighted by Crippen LogP contribution is 2.31. The highest BCUT2D eigenvalue weighted by atomic mass is 32.2. The van der Waals surface area contributed by atoms with Gasteiger partial charge in [-0.05, 0) is 12.1 Å². The minimum atomic E-state index is -3.54. The number of sulfonamides is 1. The van der Waals surface area contributed by atoms with Crippen LogP contribution in [0.25, 0.3) is 0 Å². The molecule has 0 atom stereocenters. The summed E-state index contributed by atoms with van der Waals surface area (Å²) in [6, 6.07) is 4.72. The van der Waals surface area contributed by atoms with Crippen LogP contribution in [0, 0.1) is 0 Å². The SMILES string of the molecule is CCN(CC)S(=O)(=O)c1cccc(N)c1OC. The van der Waals surface area contributed by atoms with Crippen LogP contribution in [0.4, 0.5) is 5.69 Å². The van der Waals surface area contributed by atoms with E-state index in [1.54, 1.807) is 26.0 Å². The third kappa shape index (κ3) is 2.53. The second kappa shape index (κ2) is 5.37. The normalized spacial score (nSPS) is 11.8. The minimum absolute atomic E-state index is 0.115. The molecule has 0 saturated carbocycles. The molecule has 0 bridgehead atoms. The third-order valence-corrected chi connectivity index (χ3v) is 4.61. The van der Waals surface area contributed by atoms with E-state index in [-0.39, 0.29) is 10.6 Å². The van der Waals surface area contributed by atoms with E-state index in [4.69, 9.17) is 10.5 Å². The summed E-state index contributed by atoms with van der Waals surface area (Å²) in [7, 11) is -2.13. The number of rotatable bonds is 5. The lowest BCUT2D eigenvalue weighted by molar-refractivity contribution is 0.397. The van der Waals surface area contributed by atoms with E-state index in [1.165, 1.54) is 17.5 Å². The van der Waals surface area contributed by atoms with Crippen LogP contribution in [0.5, 0.6) is 5.75 Å². The average Bonchev–Trinajstić information content (AvgIpc) is 2.29. The number of nitrogens with two attached hydrogens (primary N) is 1. The molecular formula is C11H18N2O3S. The van der Waals surface area contributed by atoms with Crippen molar-refractivity contribution in [2.75, 3.05) is 25.9 Å². The van der Waals surface area contributed by atoms with Crippen LogP contribution in [-0.2, 0) is 10.0 Å². The van der Waals surface area contributed by atoms with Gasteiger partial charge in [0.1, 0.15) is 4.90 Å². The first-order chi connectivity index (χ1) is 7.98. The van der Waals surface area contributed by atoms with Gasteiger partial charge >= 0.3 is 0 Å². The standard InChI is InChI=1S/C11H18N2O3S/c1-4-13(5-2)17(14,15)10-8-6-7-9(12)11(10)16-3/h6-8H,4-5,12H2,1-3H3. The van der Waals surface area contributed by atoms with Gasteiger partial charge in [-0.3, -0.25) is 0 Å². The predicted octanol–water partition coefficient (Wildman–Crippen LogP) is 1.31. The van der Waals surface area contributed by atoms with Crippen molar-refractivity contribution in [2.45, 2.75) is 18.7 Å². The summed E-state index contributed by atoms with van der Waals surface area (Å²) >= 11 is 0. The molecule has 0 aliphatic carbocycles. The molecule has 0 radical (unpaired) electrons. The highest BCUT2D eigenvalue weighted by molar-refractivity contribution is 7.89. The Morgan fingerprint density at radius 2 is 1.88 bits per heavy atom. The smallest absolute Gasteiger partial charge is 0.246 e. The van der Waals surface area contributed by atoms with Gasteiger partial charge in [0.05, 0.1) is 12.8 Å². The fourth-order valence-corrected chi connectivity index (χ4v) is 3.30. The summed E-state index contributed by atoms with van der Waals surface area (Å²) in [6.45, 7) is 4.41. The van der Waals surface area contributed by atoms with Gasteiger partial charge in [0.2, 0.25) is 10.0 Å². The Hall–Kier alpha value is -1.27. The number of ether oxygens (including phenoxy) is 1. The molecule has 6 heteroatoms. The topological polar surface area (TPSA) is 72.6 Å². The zero-order valence-electron chi connectivity index (χ0n) is 10.3. The summed E-state index contributed by atoms with van der Waals surface area (Å²) < 4.78 is 31.1. The van der Waals surface area contributed by atoms with Crippen LogP contribution in [0.15, 0.2) is 23.1 Å². The molecular weight excluding hydrogens is 240 g/mol. The quantitative estimate of drug-likeness (QED) is 0.808. The van der Waals surface area contributed by atoms with E-state index in [0.717, 1.165) is 0 Å². The lowest BCUT2D eigenvalue weighted by atomic mass is 10.3. The van der Waals surface area contributed by atoms with Crippen LogP contribution in [0.3, 0.4) is 0 Å². The van der Waals surface area contributed by atoms with Crippen LogP contribution in [-0.4, -0.2) is 32.9 Å². The van der Waals surface area contributed by atoms with Crippen LogP contribution in [0.1, 0.15) is 13.8 Å². The van der Waals surface area contributed by atoms with Gasteiger partial charge in [-0.15, -0.1) is 0 Å². The number of hydrogen-bond donors (Lipinski definition) is 1. The van der Waals surface area contributed by atoms with E-state index in [1.807, 2.05) is 0 Å². The van der Waals surface area contributed by atoms with Gasteiger partial charge in [0, 0.05) is 13.1 Å². The maximum absolute atomic E-state index is 12.3. The van der Waals surface area contributed by atoms with Crippen molar-refractivity contribution in [3.63, 3.8) is 0 Å². The first-order valence-electron chi connectivity index (χ1n) is 5.41. The van der Waals surface area contributed by atoms with E-state index in [9.17, 15) is 8.42 Å². The van der Waals surface area contributed by atoms with Gasteiger partial charge < -0.3 is 10.5 Å². The molecule has 0 fully saturated rings. The maximum Gasteiger partial charge on any atom is 0.246 e. The van der Waals surface area contributed by atoms with Gasteiger partial charge in [-0.1, -0.05) is 19.9 Å². The Morgan fingerprint density at radius 1 is 1.29 bits per heavy atom. The molecule has 17 heavy (non-hydrogen) atoms. The van der Waals surface area contributed by atoms with Crippen LogP contribution in [0.2, 0.25) is 0 Å². The summed E-state index contributed by atoms with van der Waals surface area (Å²) in [5.41, 5.74) is 6.02. The lowest BCUT2D eigenvalue weighted by Gasteiger charge is -2.20. The van der Waals surface area contributed by atoms with E-state index in [2.05, 4.69) is 0 Å². The van der Waals surface area contributed by atoms with Crippen molar-refractivity contribution in [3.05, 3.63) is 18.2 Å². The summed E-state index contributed by atoms with van der Waals surface area (Å²) in [5.74, 6) is 0.208. The third-order valence-electron chi connectivity index (χ3n) is 2.54. The van der Waals surface area contributed by atoms with Crippen LogP contribution < -0.4 is 10.5 Å².